The number of hydrogen-bond donors (Lipinski definition) is 1. The van der Waals surface area contributed by atoms with Gasteiger partial charge in [0.2, 0.25) is 0 Å². The number of nitrogens with zero attached hydrogens (tertiary/aromatic N) is 1. The van der Waals surface area contributed by atoms with Crippen LogP contribution in [-0.2, 0) is 0 Å². The Morgan fingerprint density at radius 3 is 2.48 bits per heavy atom. The number of nitrogens with one attached hydrogen (secondary N) is 1. The van der Waals surface area contributed by atoms with Crippen LogP contribution in [0, 0.1) is 6.92 Å². The number of thiophene rings is 1. The number of allylic oxidation sites excluding steroid dienone is 4. The average molecular weight is 351 g/mol. The summed E-state index contributed by atoms with van der Waals surface area (Å²) in [5.41, 5.74) is 4.54. The van der Waals surface area contributed by atoms with E-state index in [1.54, 1.807) is 11.3 Å². The smallest absolute Gasteiger partial charge is 0.148 e. The molecule has 0 radical (unpaired) electrons. The zero-order chi connectivity index (χ0) is 18.2. The van der Waals surface area contributed by atoms with Crippen LogP contribution >= 0.6 is 11.3 Å². The van der Waals surface area contributed by atoms with Crippen molar-refractivity contribution < 1.29 is 0 Å². The summed E-state index contributed by atoms with van der Waals surface area (Å²) in [5, 5.41) is 0. The molecular formula is C22H26N2S. The summed E-state index contributed by atoms with van der Waals surface area (Å²) in [6, 6.07) is 14.6. The van der Waals surface area contributed by atoms with Crippen molar-refractivity contribution in [3.63, 3.8) is 0 Å². The highest BCUT2D eigenvalue weighted by Crippen LogP contribution is 2.32. The maximum absolute atomic E-state index is 4.81. The molecule has 0 aliphatic carbocycles. The number of aryl methyl sites for hydroxylation is 1. The van der Waals surface area contributed by atoms with Crippen LogP contribution in [0.4, 0.5) is 0 Å². The molecular weight excluding hydrogens is 324 g/mol. The second kappa shape index (κ2) is 9.19. The molecule has 2 heterocycles. The molecule has 25 heavy (non-hydrogen) atoms. The van der Waals surface area contributed by atoms with Crippen molar-refractivity contribution in [1.82, 2.24) is 9.97 Å². The van der Waals surface area contributed by atoms with Gasteiger partial charge in [-0.2, -0.15) is 0 Å². The molecule has 0 atom stereocenters. The fourth-order valence-corrected chi connectivity index (χ4v) is 3.39. The van der Waals surface area contributed by atoms with E-state index < -0.39 is 0 Å². The second-order valence-electron chi connectivity index (χ2n) is 5.46. The van der Waals surface area contributed by atoms with Gasteiger partial charge < -0.3 is 4.98 Å². The highest BCUT2D eigenvalue weighted by molar-refractivity contribution is 7.16. The molecule has 3 aromatic rings. The number of rotatable bonds is 4. The number of aromatic amines is 1. The Balaban J connectivity index is 0.00000109. The number of hydrogen-bond acceptors (Lipinski definition) is 2. The van der Waals surface area contributed by atoms with E-state index >= 15 is 0 Å². The van der Waals surface area contributed by atoms with Gasteiger partial charge in [0, 0.05) is 16.1 Å². The molecule has 2 nitrogen and oxygen atoms in total. The largest absolute Gasteiger partial charge is 0.341 e. The lowest BCUT2D eigenvalue weighted by Gasteiger charge is -1.96. The van der Waals surface area contributed by atoms with Crippen molar-refractivity contribution in [2.24, 2.45) is 0 Å². The van der Waals surface area contributed by atoms with Gasteiger partial charge in [0.25, 0.3) is 0 Å². The molecule has 0 amide bonds. The minimum Gasteiger partial charge on any atom is -0.341 e. The third-order valence-corrected chi connectivity index (χ3v) is 4.93. The van der Waals surface area contributed by atoms with E-state index in [4.69, 9.17) is 4.98 Å². The van der Waals surface area contributed by atoms with Crippen LogP contribution in [0.25, 0.3) is 27.5 Å². The van der Waals surface area contributed by atoms with Gasteiger partial charge in [0.1, 0.15) is 5.82 Å². The predicted molar refractivity (Wildman–Crippen MR) is 112 cm³/mol. The number of aromatic nitrogens is 2. The fourth-order valence-electron chi connectivity index (χ4n) is 2.45. The van der Waals surface area contributed by atoms with Crippen LogP contribution in [0.1, 0.15) is 38.3 Å². The van der Waals surface area contributed by atoms with E-state index in [-0.39, 0.29) is 0 Å². The Hall–Kier alpha value is -2.39. The molecule has 3 heteroatoms. The summed E-state index contributed by atoms with van der Waals surface area (Å²) in [4.78, 5) is 10.7. The van der Waals surface area contributed by atoms with Crippen LogP contribution in [0.5, 0.6) is 0 Å². The third-order valence-electron chi connectivity index (χ3n) is 3.70. The Kier molecular flexibility index (Phi) is 6.96. The summed E-state index contributed by atoms with van der Waals surface area (Å²) in [6.45, 7) is 10.2. The van der Waals surface area contributed by atoms with Crippen molar-refractivity contribution in [3.05, 3.63) is 71.3 Å². The lowest BCUT2D eigenvalue weighted by atomic mass is 10.1. The van der Waals surface area contributed by atoms with Crippen molar-refractivity contribution >= 4 is 16.9 Å². The first-order chi connectivity index (χ1) is 12.2. The molecule has 0 saturated heterocycles. The fraction of sp³-hybridized carbons (Fsp3) is 0.227. The van der Waals surface area contributed by atoms with Crippen LogP contribution in [0.2, 0.25) is 0 Å². The maximum atomic E-state index is 4.81. The first kappa shape index (κ1) is 18.9. The van der Waals surface area contributed by atoms with E-state index in [0.717, 1.165) is 22.8 Å². The van der Waals surface area contributed by atoms with Crippen LogP contribution < -0.4 is 0 Å². The van der Waals surface area contributed by atoms with Crippen molar-refractivity contribution in [2.45, 2.75) is 34.6 Å². The van der Waals surface area contributed by atoms with Gasteiger partial charge in [-0.05, 0) is 38.5 Å². The molecule has 2 aromatic heterocycles. The minimum absolute atomic E-state index is 0.941. The molecule has 1 N–H and O–H groups in total. The van der Waals surface area contributed by atoms with Crippen molar-refractivity contribution in [1.29, 1.82) is 0 Å². The Bertz CT molecular complexity index is 851. The zero-order valence-corrected chi connectivity index (χ0v) is 16.4. The van der Waals surface area contributed by atoms with E-state index in [0.29, 0.717) is 0 Å². The Labute approximate surface area is 155 Å². The summed E-state index contributed by atoms with van der Waals surface area (Å²) in [6.07, 6.45) is 6.25. The SMILES string of the molecule is C/C=C\C=C(/C)c1ccc(-c2nc(-c3ccccc3)c(C)[nH]2)s1.CC. The lowest BCUT2D eigenvalue weighted by molar-refractivity contribution is 1.26. The second-order valence-corrected chi connectivity index (χ2v) is 6.55. The molecule has 0 spiro atoms. The quantitative estimate of drug-likeness (QED) is 0.499. The van der Waals surface area contributed by atoms with Gasteiger partial charge in [-0.1, -0.05) is 62.4 Å². The molecule has 0 saturated carbocycles. The monoisotopic (exact) mass is 350 g/mol. The molecule has 0 unspecified atom stereocenters. The zero-order valence-electron chi connectivity index (χ0n) is 15.6. The molecule has 1 aromatic carbocycles. The lowest BCUT2D eigenvalue weighted by Crippen LogP contribution is -1.79. The van der Waals surface area contributed by atoms with Crippen molar-refractivity contribution in [2.75, 3.05) is 0 Å². The normalized spacial score (nSPS) is 11.5. The number of H-pyrrole nitrogens is 1. The van der Waals surface area contributed by atoms with E-state index in [9.17, 15) is 0 Å². The van der Waals surface area contributed by atoms with Gasteiger partial charge >= 0.3 is 0 Å². The van der Waals surface area contributed by atoms with Crippen LogP contribution in [0.3, 0.4) is 0 Å². The molecule has 3 rings (SSSR count). The highest BCUT2D eigenvalue weighted by Gasteiger charge is 2.12. The topological polar surface area (TPSA) is 28.7 Å². The first-order valence-corrected chi connectivity index (χ1v) is 9.53. The van der Waals surface area contributed by atoms with Crippen LogP contribution in [-0.4, -0.2) is 9.97 Å². The average Bonchev–Trinajstić information content (AvgIpc) is 3.29. The Morgan fingerprint density at radius 2 is 1.80 bits per heavy atom. The van der Waals surface area contributed by atoms with E-state index in [2.05, 4.69) is 55.2 Å². The van der Waals surface area contributed by atoms with Gasteiger partial charge in [0.15, 0.2) is 0 Å². The Morgan fingerprint density at radius 1 is 1.08 bits per heavy atom. The third kappa shape index (κ3) is 4.58. The molecule has 0 aliphatic rings. The number of benzene rings is 1. The number of imidazole rings is 1. The summed E-state index contributed by atoms with van der Waals surface area (Å²) >= 11 is 1.77. The minimum atomic E-state index is 0.941. The van der Waals surface area contributed by atoms with Gasteiger partial charge in [-0.3, -0.25) is 0 Å². The summed E-state index contributed by atoms with van der Waals surface area (Å²) < 4.78 is 0. The summed E-state index contributed by atoms with van der Waals surface area (Å²) in [7, 11) is 0. The van der Waals surface area contributed by atoms with Gasteiger partial charge in [0.05, 0.1) is 10.6 Å². The predicted octanol–water partition coefficient (Wildman–Crippen LogP) is 7.12. The summed E-state index contributed by atoms with van der Waals surface area (Å²) in [5.74, 6) is 0.941. The van der Waals surface area contributed by atoms with E-state index in [1.165, 1.54) is 15.3 Å². The van der Waals surface area contributed by atoms with E-state index in [1.807, 2.05) is 45.0 Å². The molecule has 130 valence electrons. The maximum Gasteiger partial charge on any atom is 0.148 e. The highest BCUT2D eigenvalue weighted by atomic mass is 32.1. The van der Waals surface area contributed by atoms with Crippen molar-refractivity contribution in [3.8, 4) is 22.0 Å². The standard InChI is InChI=1S/C20H20N2S.C2H6/c1-4-5-9-14(2)17-12-13-18(23-17)20-21-15(3)19(22-20)16-10-7-6-8-11-16;1-2/h4-13H,1-3H3,(H,21,22);1-2H3/b5-4-,14-9+;. The van der Waals surface area contributed by atoms with Crippen LogP contribution in [0.15, 0.2) is 60.7 Å². The first-order valence-electron chi connectivity index (χ1n) is 8.71. The molecule has 0 aliphatic heterocycles. The van der Waals surface area contributed by atoms with Gasteiger partial charge in [-0.25, -0.2) is 4.98 Å². The molecule has 0 fully saturated rings. The molecule has 0 bridgehead atoms. The van der Waals surface area contributed by atoms with Gasteiger partial charge in [-0.15, -0.1) is 11.3 Å².